The largest absolute Gasteiger partial charge is 0.226 e. The highest BCUT2D eigenvalue weighted by molar-refractivity contribution is 6.28. The molecule has 0 radical (unpaired) electrons. The zero-order chi connectivity index (χ0) is 24.8. The first-order valence-corrected chi connectivity index (χ1v) is 13.4. The smallest absolute Gasteiger partial charge is 0.208 e. The summed E-state index contributed by atoms with van der Waals surface area (Å²) in [6.45, 7) is 0. The molecule has 37 heavy (non-hydrogen) atoms. The highest BCUT2D eigenvalue weighted by atomic mass is 35.5. The zero-order valence-corrected chi connectivity index (χ0v) is 21.2. The number of rotatable bonds is 3. The molecule has 4 heteroatoms. The molecule has 0 amide bonds. The highest BCUT2D eigenvalue weighted by Crippen LogP contribution is 2.56. The standard InChI is InChI=1S/C33H26ClN3/c34-32-36-30(22-10-3-1-4-11-22)35-31(37-32)25-13-9-12-23(20-25)24-16-17-27-26-14-5-6-15-28(26)33(29(27)21-24)18-7-2-8-19-33/h1,3-6,9-17,20-21H,2,7-8,18-19H2. The minimum Gasteiger partial charge on any atom is -0.208 e. The van der Waals surface area contributed by atoms with Crippen molar-refractivity contribution in [2.24, 2.45) is 0 Å². The number of hydrogen-bond donors (Lipinski definition) is 0. The molecule has 0 aliphatic heterocycles. The van der Waals surface area contributed by atoms with Crippen LogP contribution in [0.1, 0.15) is 43.2 Å². The third-order valence-corrected chi connectivity index (χ3v) is 8.24. The molecule has 4 aromatic carbocycles. The van der Waals surface area contributed by atoms with Gasteiger partial charge in [-0.15, -0.1) is 0 Å². The molecule has 3 nitrogen and oxygen atoms in total. The number of fused-ring (bicyclic) bond motifs is 5. The van der Waals surface area contributed by atoms with Crippen LogP contribution >= 0.6 is 11.6 Å². The van der Waals surface area contributed by atoms with Gasteiger partial charge in [-0.3, -0.25) is 0 Å². The Balaban J connectivity index is 1.31. The Morgan fingerprint density at radius 2 is 1.16 bits per heavy atom. The van der Waals surface area contributed by atoms with Gasteiger partial charge in [-0.2, -0.15) is 9.97 Å². The number of aromatic nitrogens is 3. The Labute approximate surface area is 222 Å². The number of nitrogens with zero attached hydrogens (tertiary/aromatic N) is 3. The van der Waals surface area contributed by atoms with Crippen molar-refractivity contribution in [3.8, 4) is 45.0 Å². The van der Waals surface area contributed by atoms with Crippen LogP contribution in [0.3, 0.4) is 0 Å². The molecule has 1 spiro atoms. The lowest BCUT2D eigenvalue weighted by Gasteiger charge is -2.36. The lowest BCUT2D eigenvalue weighted by atomic mass is 9.67. The Morgan fingerprint density at radius 1 is 0.514 bits per heavy atom. The van der Waals surface area contributed by atoms with E-state index in [2.05, 4.69) is 70.6 Å². The summed E-state index contributed by atoms with van der Waals surface area (Å²) in [5.41, 5.74) is 10.2. The molecule has 5 aromatic rings. The molecule has 2 aliphatic carbocycles. The summed E-state index contributed by atoms with van der Waals surface area (Å²) in [4.78, 5) is 13.6. The summed E-state index contributed by atoms with van der Waals surface area (Å²) in [6, 6.07) is 34.4. The van der Waals surface area contributed by atoms with E-state index in [1.54, 1.807) is 0 Å². The molecule has 7 rings (SSSR count). The van der Waals surface area contributed by atoms with Crippen molar-refractivity contribution in [1.29, 1.82) is 0 Å². The van der Waals surface area contributed by atoms with Crippen LogP contribution in [0.4, 0.5) is 0 Å². The van der Waals surface area contributed by atoms with Gasteiger partial charge in [0.25, 0.3) is 0 Å². The molecule has 180 valence electrons. The maximum absolute atomic E-state index is 6.34. The van der Waals surface area contributed by atoms with Crippen LogP contribution < -0.4 is 0 Å². The van der Waals surface area contributed by atoms with E-state index in [1.807, 2.05) is 36.4 Å². The lowest BCUT2D eigenvalue weighted by Crippen LogP contribution is -2.28. The molecule has 0 saturated heterocycles. The van der Waals surface area contributed by atoms with Crippen LogP contribution in [0.15, 0.2) is 97.1 Å². The Kier molecular flexibility index (Phi) is 5.40. The van der Waals surface area contributed by atoms with Crippen molar-refractivity contribution in [3.63, 3.8) is 0 Å². The van der Waals surface area contributed by atoms with Crippen LogP contribution in [0.25, 0.3) is 45.0 Å². The second-order valence-corrected chi connectivity index (χ2v) is 10.5. The maximum Gasteiger partial charge on any atom is 0.226 e. The van der Waals surface area contributed by atoms with Crippen LogP contribution in [0.5, 0.6) is 0 Å². The topological polar surface area (TPSA) is 38.7 Å². The fourth-order valence-electron chi connectivity index (χ4n) is 6.36. The van der Waals surface area contributed by atoms with Crippen molar-refractivity contribution in [3.05, 3.63) is 113 Å². The monoisotopic (exact) mass is 499 g/mol. The fraction of sp³-hybridized carbons (Fsp3) is 0.182. The maximum atomic E-state index is 6.34. The Hall–Kier alpha value is -3.82. The van der Waals surface area contributed by atoms with E-state index in [9.17, 15) is 0 Å². The molecule has 1 aromatic heterocycles. The van der Waals surface area contributed by atoms with Gasteiger partial charge in [0.15, 0.2) is 11.6 Å². The summed E-state index contributed by atoms with van der Waals surface area (Å²) < 4.78 is 0. The van der Waals surface area contributed by atoms with Crippen molar-refractivity contribution in [2.45, 2.75) is 37.5 Å². The minimum atomic E-state index is 0.143. The summed E-state index contributed by atoms with van der Waals surface area (Å²) in [6.07, 6.45) is 6.37. The van der Waals surface area contributed by atoms with Gasteiger partial charge in [0.1, 0.15) is 0 Å². The van der Waals surface area contributed by atoms with Gasteiger partial charge < -0.3 is 0 Å². The second-order valence-electron chi connectivity index (χ2n) is 10.1. The molecular weight excluding hydrogens is 474 g/mol. The van der Waals surface area contributed by atoms with E-state index in [4.69, 9.17) is 16.6 Å². The van der Waals surface area contributed by atoms with Gasteiger partial charge in [-0.05, 0) is 70.0 Å². The first-order chi connectivity index (χ1) is 18.2. The fourth-order valence-corrected chi connectivity index (χ4v) is 6.52. The summed E-state index contributed by atoms with van der Waals surface area (Å²) in [7, 11) is 0. The molecule has 1 saturated carbocycles. The van der Waals surface area contributed by atoms with E-state index >= 15 is 0 Å². The summed E-state index contributed by atoms with van der Waals surface area (Å²) >= 11 is 6.34. The van der Waals surface area contributed by atoms with Crippen molar-refractivity contribution >= 4 is 11.6 Å². The zero-order valence-electron chi connectivity index (χ0n) is 20.5. The molecule has 0 atom stereocenters. The molecule has 1 fully saturated rings. The first kappa shape index (κ1) is 22.4. The quantitative estimate of drug-likeness (QED) is 0.249. The number of hydrogen-bond acceptors (Lipinski definition) is 3. The van der Waals surface area contributed by atoms with Gasteiger partial charge in [-0.1, -0.05) is 104 Å². The molecule has 0 unspecified atom stereocenters. The highest BCUT2D eigenvalue weighted by Gasteiger charge is 2.43. The van der Waals surface area contributed by atoms with Crippen LogP contribution in [-0.2, 0) is 5.41 Å². The van der Waals surface area contributed by atoms with E-state index in [-0.39, 0.29) is 10.7 Å². The third kappa shape index (κ3) is 3.77. The SMILES string of the molecule is Clc1nc(-c2ccccc2)nc(-c2cccc(-c3ccc4c(c3)C3(CCCCC3)c3ccccc3-4)c2)n1. The predicted molar refractivity (Wildman–Crippen MR) is 150 cm³/mol. The minimum absolute atomic E-state index is 0.143. The predicted octanol–water partition coefficient (Wildman–Crippen LogP) is 8.76. The van der Waals surface area contributed by atoms with Gasteiger partial charge in [-0.25, -0.2) is 4.98 Å². The number of halogens is 1. The van der Waals surface area contributed by atoms with Gasteiger partial charge in [0.05, 0.1) is 0 Å². The average molecular weight is 500 g/mol. The van der Waals surface area contributed by atoms with E-state index in [0.29, 0.717) is 11.6 Å². The van der Waals surface area contributed by atoms with Crippen LogP contribution in [-0.4, -0.2) is 15.0 Å². The van der Waals surface area contributed by atoms with E-state index in [1.165, 1.54) is 59.9 Å². The first-order valence-electron chi connectivity index (χ1n) is 13.0. The van der Waals surface area contributed by atoms with Crippen LogP contribution in [0.2, 0.25) is 5.28 Å². The molecule has 0 N–H and O–H groups in total. The number of benzene rings is 4. The van der Waals surface area contributed by atoms with Gasteiger partial charge in [0, 0.05) is 16.5 Å². The summed E-state index contributed by atoms with van der Waals surface area (Å²) in [5.74, 6) is 1.16. The molecule has 0 bridgehead atoms. The summed E-state index contributed by atoms with van der Waals surface area (Å²) in [5, 5.41) is 0.198. The Bertz CT molecular complexity index is 1620. The normalized spacial score (nSPS) is 15.4. The van der Waals surface area contributed by atoms with E-state index < -0.39 is 0 Å². The molecule has 1 heterocycles. The Morgan fingerprint density at radius 3 is 2.00 bits per heavy atom. The van der Waals surface area contributed by atoms with Gasteiger partial charge in [0.2, 0.25) is 5.28 Å². The van der Waals surface area contributed by atoms with Gasteiger partial charge >= 0.3 is 0 Å². The van der Waals surface area contributed by atoms with Crippen LogP contribution in [0, 0.1) is 0 Å². The van der Waals surface area contributed by atoms with Crippen molar-refractivity contribution < 1.29 is 0 Å². The van der Waals surface area contributed by atoms with Crippen molar-refractivity contribution in [2.75, 3.05) is 0 Å². The second kappa shape index (κ2) is 8.93. The van der Waals surface area contributed by atoms with Crippen molar-refractivity contribution in [1.82, 2.24) is 15.0 Å². The molecule has 2 aliphatic rings. The third-order valence-electron chi connectivity index (χ3n) is 8.07. The lowest BCUT2D eigenvalue weighted by molar-refractivity contribution is 0.353. The van der Waals surface area contributed by atoms with E-state index in [0.717, 1.165) is 16.7 Å². The average Bonchev–Trinajstić information content (AvgIpc) is 3.22. The molecular formula is C33H26ClN3.